The molecule has 3 N–H and O–H groups in total. The molecule has 0 radical (unpaired) electrons. The highest BCUT2D eigenvalue weighted by molar-refractivity contribution is 7.19. The summed E-state index contributed by atoms with van der Waals surface area (Å²) in [4.78, 5) is 4.89. The molecule has 2 aromatic heterocycles. The van der Waals surface area contributed by atoms with Crippen molar-refractivity contribution in [3.05, 3.63) is 93.2 Å². The maximum absolute atomic E-state index is 6.53. The Kier molecular flexibility index (Phi) is 3.97. The van der Waals surface area contributed by atoms with Crippen LogP contribution in [-0.2, 0) is 11.2 Å². The van der Waals surface area contributed by atoms with Crippen LogP contribution in [0.3, 0.4) is 0 Å². The van der Waals surface area contributed by atoms with Gasteiger partial charge in [0.25, 0.3) is 0 Å². The summed E-state index contributed by atoms with van der Waals surface area (Å²) in [5.41, 5.74) is 12.8. The van der Waals surface area contributed by atoms with Gasteiger partial charge in [-0.2, -0.15) is 5.10 Å². The third-order valence-corrected chi connectivity index (χ3v) is 7.03. The molecule has 2 aromatic carbocycles. The van der Waals surface area contributed by atoms with Crippen LogP contribution in [0.5, 0.6) is 0 Å². The highest BCUT2D eigenvalue weighted by Gasteiger charge is 2.38. The molecule has 7 heteroatoms. The van der Waals surface area contributed by atoms with E-state index in [1.54, 1.807) is 11.3 Å². The third kappa shape index (κ3) is 2.68. The number of aromatic nitrogens is 3. The zero-order valence-electron chi connectivity index (χ0n) is 15.9. The SMILES string of the molecule is NC1=C(c2nc3ccccc3s2)C(c2ccc(Cl)cc2)C2=C(CCc3cn[nH]c32)O1. The third-order valence-electron chi connectivity index (χ3n) is 5.71. The number of thiazole rings is 1. The fourth-order valence-electron chi connectivity index (χ4n) is 4.35. The number of aromatic amines is 1. The van der Waals surface area contributed by atoms with Gasteiger partial charge >= 0.3 is 0 Å². The maximum atomic E-state index is 6.53. The lowest BCUT2D eigenvalue weighted by molar-refractivity contribution is 0.280. The molecular weight excluding hydrogens is 416 g/mol. The van der Waals surface area contributed by atoms with Gasteiger partial charge in [-0.05, 0) is 41.8 Å². The first kappa shape index (κ1) is 17.7. The highest BCUT2D eigenvalue weighted by atomic mass is 35.5. The molecule has 2 aliphatic rings. The van der Waals surface area contributed by atoms with E-state index >= 15 is 0 Å². The lowest BCUT2D eigenvalue weighted by atomic mass is 9.77. The summed E-state index contributed by atoms with van der Waals surface area (Å²) in [5, 5.41) is 9.05. The van der Waals surface area contributed by atoms with Crippen LogP contribution >= 0.6 is 22.9 Å². The van der Waals surface area contributed by atoms with Crippen molar-refractivity contribution in [1.82, 2.24) is 15.2 Å². The number of nitrogens with one attached hydrogen (secondary N) is 1. The molecule has 1 aliphatic carbocycles. The van der Waals surface area contributed by atoms with Crippen molar-refractivity contribution in [2.24, 2.45) is 5.73 Å². The fourth-order valence-corrected chi connectivity index (χ4v) is 5.52. The molecule has 1 unspecified atom stereocenters. The molecule has 0 spiro atoms. The molecule has 5 nitrogen and oxygen atoms in total. The summed E-state index contributed by atoms with van der Waals surface area (Å²) in [6.45, 7) is 0. The molecule has 1 aliphatic heterocycles. The fraction of sp³-hybridized carbons (Fsp3) is 0.130. The van der Waals surface area contributed by atoms with Gasteiger partial charge in [-0.3, -0.25) is 5.10 Å². The first-order valence-corrected chi connectivity index (χ1v) is 10.9. The first-order chi connectivity index (χ1) is 14.7. The number of benzene rings is 2. The van der Waals surface area contributed by atoms with Crippen molar-refractivity contribution >= 4 is 44.3 Å². The van der Waals surface area contributed by atoms with E-state index in [-0.39, 0.29) is 5.92 Å². The van der Waals surface area contributed by atoms with Gasteiger partial charge in [-0.25, -0.2) is 4.98 Å². The minimum absolute atomic E-state index is 0.119. The number of H-pyrrole nitrogens is 1. The van der Waals surface area contributed by atoms with Crippen LogP contribution in [0.4, 0.5) is 0 Å². The second kappa shape index (κ2) is 6.72. The molecule has 0 saturated heterocycles. The topological polar surface area (TPSA) is 76.8 Å². The summed E-state index contributed by atoms with van der Waals surface area (Å²) in [6.07, 6.45) is 3.57. The summed E-state index contributed by atoms with van der Waals surface area (Å²) in [7, 11) is 0. The van der Waals surface area contributed by atoms with Crippen LogP contribution < -0.4 is 5.73 Å². The Balaban J connectivity index is 1.60. The normalized spacial score (nSPS) is 18.4. The van der Waals surface area contributed by atoms with Gasteiger partial charge in [0.2, 0.25) is 0 Å². The summed E-state index contributed by atoms with van der Waals surface area (Å²) in [5.74, 6) is 1.19. The molecular formula is C23H17ClN4OS. The van der Waals surface area contributed by atoms with E-state index in [4.69, 9.17) is 27.1 Å². The predicted molar refractivity (Wildman–Crippen MR) is 120 cm³/mol. The average Bonchev–Trinajstić information content (AvgIpc) is 3.40. The molecule has 1 atom stereocenters. The van der Waals surface area contributed by atoms with E-state index in [1.165, 1.54) is 5.56 Å². The number of rotatable bonds is 2. The van der Waals surface area contributed by atoms with Gasteiger partial charge < -0.3 is 10.5 Å². The molecule has 0 fully saturated rings. The quantitative estimate of drug-likeness (QED) is 0.440. The molecule has 3 heterocycles. The Morgan fingerprint density at radius 3 is 2.73 bits per heavy atom. The van der Waals surface area contributed by atoms with Crippen molar-refractivity contribution in [2.75, 3.05) is 0 Å². The van der Waals surface area contributed by atoms with Crippen molar-refractivity contribution in [2.45, 2.75) is 18.8 Å². The molecule has 30 heavy (non-hydrogen) atoms. The minimum Gasteiger partial charge on any atom is -0.445 e. The predicted octanol–water partition coefficient (Wildman–Crippen LogP) is 5.47. The molecule has 0 saturated carbocycles. The van der Waals surface area contributed by atoms with E-state index in [0.29, 0.717) is 10.9 Å². The Morgan fingerprint density at radius 1 is 1.07 bits per heavy atom. The number of hydrogen-bond donors (Lipinski definition) is 2. The summed E-state index contributed by atoms with van der Waals surface area (Å²) in [6, 6.07) is 16.0. The average molecular weight is 433 g/mol. The molecule has 0 bridgehead atoms. The van der Waals surface area contributed by atoms with Crippen molar-refractivity contribution in [3.8, 4) is 0 Å². The Bertz CT molecular complexity index is 1320. The van der Waals surface area contributed by atoms with E-state index in [0.717, 1.165) is 56.2 Å². The van der Waals surface area contributed by atoms with Crippen LogP contribution in [0.2, 0.25) is 5.02 Å². The van der Waals surface area contributed by atoms with Crippen LogP contribution in [0.15, 0.2) is 66.4 Å². The second-order valence-electron chi connectivity index (χ2n) is 7.46. The number of hydrogen-bond acceptors (Lipinski definition) is 5. The number of aryl methyl sites for hydroxylation is 1. The van der Waals surface area contributed by atoms with E-state index in [9.17, 15) is 0 Å². The Morgan fingerprint density at radius 2 is 1.90 bits per heavy atom. The zero-order chi connectivity index (χ0) is 20.2. The zero-order valence-corrected chi connectivity index (χ0v) is 17.4. The van der Waals surface area contributed by atoms with Gasteiger partial charge in [0.15, 0.2) is 5.88 Å². The number of nitrogens with zero attached hydrogens (tertiary/aromatic N) is 2. The van der Waals surface area contributed by atoms with Gasteiger partial charge in [0, 0.05) is 22.9 Å². The number of fused-ring (bicyclic) bond motifs is 3. The standard InChI is InChI=1S/C23H17ClN4OS/c24-14-8-5-12(6-9-14)18-19-16(10-7-13-11-26-28-21(13)19)29-22(25)20(18)23-27-15-3-1-2-4-17(15)30-23/h1-6,8-9,11,18H,7,10,25H2,(H,26,28). The number of para-hydroxylation sites is 1. The lowest BCUT2D eigenvalue weighted by Crippen LogP contribution is -2.23. The number of ether oxygens (including phenoxy) is 1. The summed E-state index contributed by atoms with van der Waals surface area (Å²) >= 11 is 7.82. The molecule has 148 valence electrons. The van der Waals surface area contributed by atoms with Crippen LogP contribution in [-0.4, -0.2) is 15.2 Å². The summed E-state index contributed by atoms with van der Waals surface area (Å²) < 4.78 is 7.30. The van der Waals surface area contributed by atoms with Gasteiger partial charge in [0.05, 0.1) is 27.7 Å². The highest BCUT2D eigenvalue weighted by Crippen LogP contribution is 2.52. The Hall–Kier alpha value is -3.09. The van der Waals surface area contributed by atoms with Crippen molar-refractivity contribution in [1.29, 1.82) is 0 Å². The number of allylic oxidation sites excluding steroid dienone is 3. The molecule has 6 rings (SSSR count). The van der Waals surface area contributed by atoms with Crippen molar-refractivity contribution < 1.29 is 4.74 Å². The minimum atomic E-state index is -0.119. The Labute approximate surface area is 181 Å². The van der Waals surface area contributed by atoms with Gasteiger partial charge in [-0.15, -0.1) is 11.3 Å². The smallest absolute Gasteiger partial charge is 0.197 e. The monoisotopic (exact) mass is 432 g/mol. The maximum Gasteiger partial charge on any atom is 0.197 e. The molecule has 4 aromatic rings. The first-order valence-electron chi connectivity index (χ1n) is 9.73. The second-order valence-corrected chi connectivity index (χ2v) is 8.93. The van der Waals surface area contributed by atoms with Crippen LogP contribution in [0.25, 0.3) is 21.4 Å². The van der Waals surface area contributed by atoms with E-state index in [2.05, 4.69) is 16.3 Å². The number of halogens is 1. The lowest BCUT2D eigenvalue weighted by Gasteiger charge is -2.33. The van der Waals surface area contributed by atoms with Crippen LogP contribution in [0.1, 0.15) is 34.2 Å². The van der Waals surface area contributed by atoms with Crippen molar-refractivity contribution in [3.63, 3.8) is 0 Å². The largest absolute Gasteiger partial charge is 0.445 e. The van der Waals surface area contributed by atoms with Gasteiger partial charge in [0.1, 0.15) is 10.8 Å². The van der Waals surface area contributed by atoms with Gasteiger partial charge in [-0.1, -0.05) is 35.9 Å². The van der Waals surface area contributed by atoms with E-state index in [1.807, 2.05) is 48.7 Å². The number of nitrogens with two attached hydrogens (primary N) is 1. The van der Waals surface area contributed by atoms with E-state index < -0.39 is 0 Å². The molecule has 0 amide bonds. The van der Waals surface area contributed by atoms with Crippen LogP contribution in [0, 0.1) is 0 Å².